The molecule has 0 saturated carbocycles. The maximum absolute atomic E-state index is 12.6. The summed E-state index contributed by atoms with van der Waals surface area (Å²) in [6.45, 7) is 7.81. The zero-order valence-electron chi connectivity index (χ0n) is 15.1. The van der Waals surface area contributed by atoms with Crippen LogP contribution in [0.2, 0.25) is 0 Å². The van der Waals surface area contributed by atoms with E-state index in [0.29, 0.717) is 5.95 Å². The Labute approximate surface area is 153 Å². The van der Waals surface area contributed by atoms with E-state index in [1.807, 2.05) is 28.8 Å². The maximum Gasteiger partial charge on any atom is 0.261 e. The molecular formula is C20H24N4O2. The van der Waals surface area contributed by atoms with Gasteiger partial charge in [-0.3, -0.25) is 10.1 Å². The first-order valence-corrected chi connectivity index (χ1v) is 8.91. The minimum atomic E-state index is -0.373. The van der Waals surface area contributed by atoms with Gasteiger partial charge >= 0.3 is 0 Å². The van der Waals surface area contributed by atoms with Crippen molar-refractivity contribution in [3.05, 3.63) is 54.1 Å². The van der Waals surface area contributed by atoms with Crippen LogP contribution in [0.15, 0.2) is 48.5 Å². The number of phenols is 1. The van der Waals surface area contributed by atoms with Gasteiger partial charge in [0.25, 0.3) is 5.91 Å². The van der Waals surface area contributed by atoms with E-state index in [4.69, 9.17) is 0 Å². The van der Waals surface area contributed by atoms with Crippen LogP contribution in [0.3, 0.4) is 0 Å². The normalized spacial score (nSPS) is 11.2. The first-order valence-electron chi connectivity index (χ1n) is 8.91. The molecule has 6 heteroatoms. The topological polar surface area (TPSA) is 70.4 Å². The highest BCUT2D eigenvalue weighted by Crippen LogP contribution is 2.22. The summed E-state index contributed by atoms with van der Waals surface area (Å²) in [4.78, 5) is 19.5. The van der Waals surface area contributed by atoms with Crippen LogP contribution in [-0.4, -0.2) is 45.1 Å². The lowest BCUT2D eigenvalue weighted by atomic mass is 10.2. The number of hydrogen-bond acceptors (Lipinski definition) is 4. The van der Waals surface area contributed by atoms with Crippen molar-refractivity contribution in [1.82, 2.24) is 14.5 Å². The molecule has 0 spiro atoms. The van der Waals surface area contributed by atoms with E-state index in [0.717, 1.165) is 37.2 Å². The molecule has 0 atom stereocenters. The third-order valence-corrected chi connectivity index (χ3v) is 4.56. The third-order valence-electron chi connectivity index (χ3n) is 4.56. The van der Waals surface area contributed by atoms with Crippen LogP contribution in [0.25, 0.3) is 11.0 Å². The number of para-hydroxylation sites is 3. The Bertz CT molecular complexity index is 900. The number of phenolic OH excluding ortho intramolecular Hbond substituents is 1. The zero-order valence-corrected chi connectivity index (χ0v) is 15.1. The summed E-state index contributed by atoms with van der Waals surface area (Å²) in [5.74, 6) is 0.0740. The van der Waals surface area contributed by atoms with Crippen LogP contribution in [-0.2, 0) is 6.54 Å². The van der Waals surface area contributed by atoms with Gasteiger partial charge in [0.15, 0.2) is 0 Å². The van der Waals surface area contributed by atoms with Crippen LogP contribution in [0, 0.1) is 0 Å². The third kappa shape index (κ3) is 3.70. The maximum atomic E-state index is 12.6. The largest absolute Gasteiger partial charge is 0.507 e. The van der Waals surface area contributed by atoms with Crippen molar-refractivity contribution in [2.24, 2.45) is 0 Å². The molecule has 0 aliphatic carbocycles. The second kappa shape index (κ2) is 8.01. The molecule has 0 saturated heterocycles. The Morgan fingerprint density at radius 2 is 1.81 bits per heavy atom. The molecule has 0 aliphatic heterocycles. The van der Waals surface area contributed by atoms with Crippen LogP contribution in [0.1, 0.15) is 24.2 Å². The highest BCUT2D eigenvalue weighted by Gasteiger charge is 2.16. The molecule has 2 aromatic carbocycles. The van der Waals surface area contributed by atoms with Crippen LogP contribution in [0.5, 0.6) is 5.75 Å². The molecule has 0 unspecified atom stereocenters. The molecule has 3 rings (SSSR count). The molecule has 0 bridgehead atoms. The van der Waals surface area contributed by atoms with Crippen LogP contribution < -0.4 is 5.32 Å². The van der Waals surface area contributed by atoms with Crippen molar-refractivity contribution in [2.45, 2.75) is 20.4 Å². The van der Waals surface area contributed by atoms with E-state index in [1.165, 1.54) is 6.07 Å². The van der Waals surface area contributed by atoms with E-state index < -0.39 is 0 Å². The molecule has 26 heavy (non-hydrogen) atoms. The van der Waals surface area contributed by atoms with Crippen molar-refractivity contribution in [3.63, 3.8) is 0 Å². The van der Waals surface area contributed by atoms with E-state index in [-0.39, 0.29) is 17.2 Å². The fraction of sp³-hybridized carbons (Fsp3) is 0.300. The first-order chi connectivity index (χ1) is 12.6. The standard InChI is InChI=1S/C20H24N4O2/c1-3-23(4-2)13-14-24-17-11-7-6-10-16(17)21-20(24)22-19(26)15-9-5-8-12-18(15)25/h5-12,25H,3-4,13-14H2,1-2H3,(H,21,22,26). The molecule has 1 heterocycles. The number of amides is 1. The summed E-state index contributed by atoms with van der Waals surface area (Å²) in [6, 6.07) is 14.3. The Balaban J connectivity index is 1.90. The second-order valence-corrected chi connectivity index (χ2v) is 6.07. The molecule has 0 radical (unpaired) electrons. The lowest BCUT2D eigenvalue weighted by Gasteiger charge is -2.19. The highest BCUT2D eigenvalue weighted by molar-refractivity contribution is 6.05. The van der Waals surface area contributed by atoms with Gasteiger partial charge in [-0.15, -0.1) is 0 Å². The zero-order chi connectivity index (χ0) is 18.5. The molecule has 0 aliphatic rings. The van der Waals surface area contributed by atoms with Gasteiger partial charge in [0.05, 0.1) is 16.6 Å². The minimum absolute atomic E-state index is 0.0456. The first kappa shape index (κ1) is 17.9. The molecule has 1 aromatic heterocycles. The fourth-order valence-electron chi connectivity index (χ4n) is 3.01. The molecule has 3 aromatic rings. The molecule has 6 nitrogen and oxygen atoms in total. The number of anilines is 1. The summed E-state index contributed by atoms with van der Waals surface area (Å²) in [7, 11) is 0. The van der Waals surface area contributed by atoms with Crippen molar-refractivity contribution >= 4 is 22.9 Å². The second-order valence-electron chi connectivity index (χ2n) is 6.07. The van der Waals surface area contributed by atoms with Crippen LogP contribution >= 0.6 is 0 Å². The summed E-state index contributed by atoms with van der Waals surface area (Å²) in [6.07, 6.45) is 0. The van der Waals surface area contributed by atoms with Gasteiger partial charge in [-0.05, 0) is 37.4 Å². The lowest BCUT2D eigenvalue weighted by molar-refractivity contribution is 0.102. The highest BCUT2D eigenvalue weighted by atomic mass is 16.3. The van der Waals surface area contributed by atoms with Crippen molar-refractivity contribution in [3.8, 4) is 5.75 Å². The van der Waals surface area contributed by atoms with Gasteiger partial charge < -0.3 is 14.6 Å². The Morgan fingerprint density at radius 1 is 1.12 bits per heavy atom. The van der Waals surface area contributed by atoms with Crippen molar-refractivity contribution in [1.29, 1.82) is 0 Å². The number of aromatic hydroxyl groups is 1. The number of likely N-dealkylation sites (N-methyl/N-ethyl adjacent to an activating group) is 1. The fourth-order valence-corrected chi connectivity index (χ4v) is 3.01. The van der Waals surface area contributed by atoms with Gasteiger partial charge in [0.2, 0.25) is 5.95 Å². The van der Waals surface area contributed by atoms with Crippen molar-refractivity contribution in [2.75, 3.05) is 25.0 Å². The minimum Gasteiger partial charge on any atom is -0.507 e. The predicted molar refractivity (Wildman–Crippen MR) is 104 cm³/mol. The smallest absolute Gasteiger partial charge is 0.261 e. The average molecular weight is 352 g/mol. The van der Waals surface area contributed by atoms with E-state index in [1.54, 1.807) is 18.2 Å². The SMILES string of the molecule is CCN(CC)CCn1c(NC(=O)c2ccccc2O)nc2ccccc21. The number of fused-ring (bicyclic) bond motifs is 1. The number of rotatable bonds is 7. The quantitative estimate of drug-likeness (QED) is 0.684. The lowest BCUT2D eigenvalue weighted by Crippen LogP contribution is -2.27. The number of nitrogens with one attached hydrogen (secondary N) is 1. The number of nitrogens with zero attached hydrogens (tertiary/aromatic N) is 3. The van der Waals surface area contributed by atoms with E-state index in [2.05, 4.69) is 29.0 Å². The monoisotopic (exact) mass is 352 g/mol. The summed E-state index contributed by atoms with van der Waals surface area (Å²) in [5.41, 5.74) is 2.04. The summed E-state index contributed by atoms with van der Waals surface area (Å²) in [5, 5.41) is 12.8. The number of carbonyl (C=O) groups is 1. The Morgan fingerprint density at radius 3 is 2.54 bits per heavy atom. The molecule has 2 N–H and O–H groups in total. The predicted octanol–water partition coefficient (Wildman–Crippen LogP) is 3.34. The Kier molecular flexibility index (Phi) is 5.53. The number of carbonyl (C=O) groups excluding carboxylic acids is 1. The Hall–Kier alpha value is -2.86. The average Bonchev–Trinajstić information content (AvgIpc) is 3.00. The number of aromatic nitrogens is 2. The number of benzene rings is 2. The van der Waals surface area contributed by atoms with Gasteiger partial charge in [-0.2, -0.15) is 0 Å². The number of imidazole rings is 1. The molecule has 0 fully saturated rings. The van der Waals surface area contributed by atoms with Gasteiger partial charge in [0.1, 0.15) is 5.75 Å². The van der Waals surface area contributed by atoms with E-state index in [9.17, 15) is 9.90 Å². The van der Waals surface area contributed by atoms with Gasteiger partial charge in [0, 0.05) is 13.1 Å². The summed E-state index contributed by atoms with van der Waals surface area (Å²) >= 11 is 0. The van der Waals surface area contributed by atoms with E-state index >= 15 is 0 Å². The van der Waals surface area contributed by atoms with Crippen molar-refractivity contribution < 1.29 is 9.90 Å². The van der Waals surface area contributed by atoms with Gasteiger partial charge in [-0.25, -0.2) is 4.98 Å². The van der Waals surface area contributed by atoms with Crippen LogP contribution in [0.4, 0.5) is 5.95 Å². The van der Waals surface area contributed by atoms with Gasteiger partial charge in [-0.1, -0.05) is 38.1 Å². The summed E-state index contributed by atoms with van der Waals surface area (Å²) < 4.78 is 2.02. The molecular weight excluding hydrogens is 328 g/mol. The molecule has 136 valence electrons. The number of hydrogen-bond donors (Lipinski definition) is 2. The molecule has 1 amide bonds.